The van der Waals surface area contributed by atoms with Gasteiger partial charge in [-0.2, -0.15) is 0 Å². The number of rotatable bonds is 6. The molecular formula is C18H18N3O3S+. The van der Waals surface area contributed by atoms with Crippen LogP contribution in [-0.2, 0) is 6.54 Å². The molecule has 1 heterocycles. The van der Waals surface area contributed by atoms with Gasteiger partial charge in [-0.15, -0.1) is 0 Å². The number of non-ortho nitro benzene ring substituents is 1. The van der Waals surface area contributed by atoms with Gasteiger partial charge in [0, 0.05) is 17.5 Å². The molecule has 0 aliphatic rings. The van der Waals surface area contributed by atoms with E-state index in [1.165, 1.54) is 12.1 Å². The van der Waals surface area contributed by atoms with Crippen molar-refractivity contribution in [2.24, 2.45) is 0 Å². The molecule has 3 aromatic rings. The number of nitro benzene ring substituents is 1. The Morgan fingerprint density at radius 1 is 1.20 bits per heavy atom. The molecule has 0 aliphatic carbocycles. The number of nitrogens with one attached hydrogen (secondary N) is 1. The lowest BCUT2D eigenvalue weighted by atomic mass is 10.1. The normalized spacial score (nSPS) is 11.9. The lowest BCUT2D eigenvalue weighted by Crippen LogP contribution is -2.39. The predicted octanol–water partition coefficient (Wildman–Crippen LogP) is 3.73. The smallest absolute Gasteiger partial charge is 0.339 e. The molecular weight excluding hydrogens is 338 g/mol. The fraction of sp³-hybridized carbons (Fsp3) is 0.167. The Labute approximate surface area is 149 Å². The number of thiazole rings is 1. The first-order valence-electron chi connectivity index (χ1n) is 7.77. The van der Waals surface area contributed by atoms with Crippen molar-refractivity contribution >= 4 is 27.8 Å². The minimum Gasteiger partial charge on any atom is -0.384 e. The summed E-state index contributed by atoms with van der Waals surface area (Å²) in [7, 11) is 0. The molecule has 0 radical (unpaired) electrons. The van der Waals surface area contributed by atoms with Gasteiger partial charge < -0.3 is 5.11 Å². The number of anilines is 2. The summed E-state index contributed by atoms with van der Waals surface area (Å²) in [6.45, 7) is 2.34. The van der Waals surface area contributed by atoms with Gasteiger partial charge in [0.1, 0.15) is 24.0 Å². The number of hydrogen-bond acceptors (Lipinski definition) is 5. The van der Waals surface area contributed by atoms with Gasteiger partial charge in [-0.05, 0) is 36.8 Å². The fourth-order valence-corrected chi connectivity index (χ4v) is 3.43. The number of nitrogens with zero attached hydrogens (tertiary/aromatic N) is 2. The Kier molecular flexibility index (Phi) is 5.06. The fourth-order valence-electron chi connectivity index (χ4n) is 2.49. The molecule has 7 heteroatoms. The maximum atomic E-state index is 10.7. The molecule has 1 aromatic heterocycles. The Morgan fingerprint density at radius 3 is 2.52 bits per heavy atom. The largest absolute Gasteiger partial charge is 0.384 e. The molecule has 0 saturated carbocycles. The first kappa shape index (κ1) is 17.1. The summed E-state index contributed by atoms with van der Waals surface area (Å²) < 4.78 is 2.00. The second-order valence-corrected chi connectivity index (χ2v) is 6.51. The number of aromatic nitrogens is 1. The highest BCUT2D eigenvalue weighted by molar-refractivity contribution is 7.13. The summed E-state index contributed by atoms with van der Waals surface area (Å²) in [4.78, 5) is 10.3. The number of aliphatic hydroxyl groups is 1. The van der Waals surface area contributed by atoms with Gasteiger partial charge >= 0.3 is 5.13 Å². The Bertz CT molecular complexity index is 863. The summed E-state index contributed by atoms with van der Waals surface area (Å²) in [5.74, 6) is 0. The highest BCUT2D eigenvalue weighted by atomic mass is 32.1. The summed E-state index contributed by atoms with van der Waals surface area (Å²) in [6, 6.07) is 15.8. The second kappa shape index (κ2) is 7.42. The van der Waals surface area contributed by atoms with E-state index in [4.69, 9.17) is 0 Å². The van der Waals surface area contributed by atoms with Crippen molar-refractivity contribution < 1.29 is 14.6 Å². The second-order valence-electron chi connectivity index (χ2n) is 5.65. The molecule has 2 N–H and O–H groups in total. The molecule has 3 rings (SSSR count). The zero-order valence-corrected chi connectivity index (χ0v) is 14.4. The molecule has 0 spiro atoms. The van der Waals surface area contributed by atoms with Crippen molar-refractivity contribution in [2.45, 2.75) is 19.6 Å². The predicted molar refractivity (Wildman–Crippen MR) is 97.0 cm³/mol. The SMILES string of the molecule is Cc1csc(Nc2ccccc2)[n+]1C[C@H](O)c1ccc([N+](=O)[O-])cc1. The maximum absolute atomic E-state index is 10.7. The molecule has 2 aromatic carbocycles. The third kappa shape index (κ3) is 4.01. The third-order valence-electron chi connectivity index (χ3n) is 3.88. The van der Waals surface area contributed by atoms with Crippen molar-refractivity contribution in [2.75, 3.05) is 5.32 Å². The van der Waals surface area contributed by atoms with E-state index in [9.17, 15) is 15.2 Å². The lowest BCUT2D eigenvalue weighted by molar-refractivity contribution is -0.692. The van der Waals surface area contributed by atoms with E-state index in [2.05, 4.69) is 5.32 Å². The highest BCUT2D eigenvalue weighted by Crippen LogP contribution is 2.22. The van der Waals surface area contributed by atoms with Crippen molar-refractivity contribution in [3.63, 3.8) is 0 Å². The first-order chi connectivity index (χ1) is 12.0. The average molecular weight is 356 g/mol. The van der Waals surface area contributed by atoms with Gasteiger partial charge in [0.25, 0.3) is 5.69 Å². The first-order valence-corrected chi connectivity index (χ1v) is 8.65. The topological polar surface area (TPSA) is 79.3 Å². The van der Waals surface area contributed by atoms with Gasteiger partial charge in [0.05, 0.1) is 4.92 Å². The van der Waals surface area contributed by atoms with Crippen LogP contribution in [0.4, 0.5) is 16.5 Å². The Morgan fingerprint density at radius 2 is 1.88 bits per heavy atom. The summed E-state index contributed by atoms with van der Waals surface area (Å²) in [5, 5.41) is 27.6. The van der Waals surface area contributed by atoms with Crippen LogP contribution < -0.4 is 9.88 Å². The van der Waals surface area contributed by atoms with E-state index in [0.29, 0.717) is 12.1 Å². The van der Waals surface area contributed by atoms with Gasteiger partial charge in [-0.3, -0.25) is 10.1 Å². The molecule has 0 amide bonds. The molecule has 0 bridgehead atoms. The third-order valence-corrected chi connectivity index (χ3v) is 4.89. The zero-order chi connectivity index (χ0) is 17.8. The molecule has 6 nitrogen and oxygen atoms in total. The van der Waals surface area contributed by atoms with E-state index >= 15 is 0 Å². The van der Waals surface area contributed by atoms with Gasteiger partial charge in [0.15, 0.2) is 0 Å². The number of nitro groups is 1. The van der Waals surface area contributed by atoms with Gasteiger partial charge in [-0.25, -0.2) is 9.88 Å². The molecule has 0 aliphatic heterocycles. The van der Waals surface area contributed by atoms with Crippen LogP contribution in [0.25, 0.3) is 0 Å². The monoisotopic (exact) mass is 356 g/mol. The van der Waals surface area contributed by atoms with Crippen LogP contribution in [0.5, 0.6) is 0 Å². The minimum absolute atomic E-state index is 0.0155. The summed E-state index contributed by atoms with van der Waals surface area (Å²) >= 11 is 1.57. The van der Waals surface area contributed by atoms with Crippen LogP contribution in [0.3, 0.4) is 0 Å². The van der Waals surface area contributed by atoms with Crippen molar-refractivity contribution in [3.8, 4) is 0 Å². The van der Waals surface area contributed by atoms with E-state index in [1.54, 1.807) is 23.5 Å². The molecule has 0 fully saturated rings. The van der Waals surface area contributed by atoms with Crippen LogP contribution in [0, 0.1) is 17.0 Å². The Balaban J connectivity index is 1.78. The zero-order valence-electron chi connectivity index (χ0n) is 13.6. The number of para-hydroxylation sites is 1. The van der Waals surface area contributed by atoms with Gasteiger partial charge in [-0.1, -0.05) is 29.5 Å². The number of aryl methyl sites for hydroxylation is 1. The maximum Gasteiger partial charge on any atom is 0.339 e. The van der Waals surface area contributed by atoms with E-state index in [-0.39, 0.29) is 5.69 Å². The summed E-state index contributed by atoms with van der Waals surface area (Å²) in [5.41, 5.74) is 2.67. The van der Waals surface area contributed by atoms with Crippen LogP contribution in [0.1, 0.15) is 17.4 Å². The average Bonchev–Trinajstić information content (AvgIpc) is 2.96. The lowest BCUT2D eigenvalue weighted by Gasteiger charge is -2.11. The molecule has 1 atom stereocenters. The van der Waals surface area contributed by atoms with Gasteiger partial charge in [0.2, 0.25) is 0 Å². The van der Waals surface area contributed by atoms with Crippen molar-refractivity contribution in [1.29, 1.82) is 0 Å². The molecule has 25 heavy (non-hydrogen) atoms. The molecule has 0 saturated heterocycles. The van der Waals surface area contributed by atoms with E-state index < -0.39 is 11.0 Å². The van der Waals surface area contributed by atoms with E-state index in [1.807, 2.05) is 47.2 Å². The van der Waals surface area contributed by atoms with Crippen LogP contribution in [-0.4, -0.2) is 10.0 Å². The summed E-state index contributed by atoms with van der Waals surface area (Å²) in [6.07, 6.45) is -0.754. The Hall–Kier alpha value is -2.77. The van der Waals surface area contributed by atoms with Crippen LogP contribution >= 0.6 is 11.3 Å². The number of aliphatic hydroxyl groups excluding tert-OH is 1. The molecule has 0 unspecified atom stereocenters. The van der Waals surface area contributed by atoms with Crippen molar-refractivity contribution in [3.05, 3.63) is 81.3 Å². The number of hydrogen-bond donors (Lipinski definition) is 2. The highest BCUT2D eigenvalue weighted by Gasteiger charge is 2.20. The van der Waals surface area contributed by atoms with Crippen LogP contribution in [0.15, 0.2) is 60.0 Å². The quantitative estimate of drug-likeness (QED) is 0.401. The standard InChI is InChI=1S/C18H17N3O3S/c1-13-12-25-18(19-15-5-3-2-4-6-15)20(13)11-17(22)14-7-9-16(10-8-14)21(23)24/h2-10,12,17,22H,11H2,1H3/p+1/t17-/m0/s1. The van der Waals surface area contributed by atoms with Crippen molar-refractivity contribution in [1.82, 2.24) is 0 Å². The number of benzene rings is 2. The van der Waals surface area contributed by atoms with E-state index in [0.717, 1.165) is 16.5 Å². The minimum atomic E-state index is -0.754. The molecule has 128 valence electrons. The van der Waals surface area contributed by atoms with Crippen LogP contribution in [0.2, 0.25) is 0 Å².